The molecular formula is C38H59NOS2Si. The highest BCUT2D eigenvalue weighted by Crippen LogP contribution is 2.67. The molecule has 1 aromatic carbocycles. The smallest absolute Gasteiger partial charge is 0.200 e. The van der Waals surface area contributed by atoms with Crippen molar-refractivity contribution in [1.82, 2.24) is 4.98 Å². The van der Waals surface area contributed by atoms with Crippen LogP contribution in [0.2, 0.25) is 16.6 Å². The molecule has 238 valence electrons. The van der Waals surface area contributed by atoms with Crippen molar-refractivity contribution in [2.45, 2.75) is 141 Å². The Hall–Kier alpha value is -0.623. The predicted octanol–water partition coefficient (Wildman–Crippen LogP) is 12.2. The zero-order valence-corrected chi connectivity index (χ0v) is 31.3. The highest BCUT2D eigenvalue weighted by atomic mass is 32.2. The number of fused-ring (bicyclic) bond motifs is 6. The molecule has 2 nitrogen and oxygen atoms in total. The Kier molecular flexibility index (Phi) is 9.17. The zero-order chi connectivity index (χ0) is 30.7. The van der Waals surface area contributed by atoms with Gasteiger partial charge in [0.15, 0.2) is 4.34 Å². The molecule has 0 aliphatic heterocycles. The molecular weight excluding hydrogens is 579 g/mol. The van der Waals surface area contributed by atoms with Crippen LogP contribution in [0, 0.1) is 40.4 Å². The number of allylic oxidation sites excluding steroid dienone is 1. The van der Waals surface area contributed by atoms with Gasteiger partial charge in [0.25, 0.3) is 0 Å². The first kappa shape index (κ1) is 32.3. The van der Waals surface area contributed by atoms with Crippen LogP contribution in [0.25, 0.3) is 10.2 Å². The summed E-state index contributed by atoms with van der Waals surface area (Å²) >= 11 is 3.89. The normalized spacial score (nSPS) is 35.3. The van der Waals surface area contributed by atoms with Gasteiger partial charge in [-0.3, -0.25) is 0 Å². The van der Waals surface area contributed by atoms with Crippen LogP contribution in [0.4, 0.5) is 0 Å². The van der Waals surface area contributed by atoms with E-state index < -0.39 is 8.32 Å². The van der Waals surface area contributed by atoms with E-state index >= 15 is 0 Å². The molecule has 43 heavy (non-hydrogen) atoms. The van der Waals surface area contributed by atoms with Crippen LogP contribution in [0.5, 0.6) is 0 Å². The summed E-state index contributed by atoms with van der Waals surface area (Å²) in [6.45, 7) is 22.6. The Morgan fingerprint density at radius 3 is 2.35 bits per heavy atom. The zero-order valence-electron chi connectivity index (χ0n) is 28.6. The molecule has 2 aromatic rings. The molecule has 8 atom stereocenters. The number of hydrogen-bond acceptors (Lipinski definition) is 4. The van der Waals surface area contributed by atoms with Crippen molar-refractivity contribution in [3.8, 4) is 0 Å². The Bertz CT molecular complexity index is 1260. The summed E-state index contributed by atoms with van der Waals surface area (Å²) < 4.78 is 9.96. The van der Waals surface area contributed by atoms with Crippen molar-refractivity contribution in [2.75, 3.05) is 5.75 Å². The number of nitrogens with zero attached hydrogens (tertiary/aromatic N) is 1. The second kappa shape index (κ2) is 12.2. The van der Waals surface area contributed by atoms with Crippen molar-refractivity contribution < 1.29 is 4.43 Å². The molecule has 0 radical (unpaired) electrons. The number of para-hydroxylation sites is 1. The van der Waals surface area contributed by atoms with Crippen LogP contribution in [0.1, 0.15) is 114 Å². The van der Waals surface area contributed by atoms with Gasteiger partial charge in [0, 0.05) is 11.9 Å². The summed E-state index contributed by atoms with van der Waals surface area (Å²) in [5.74, 6) is 5.46. The van der Waals surface area contributed by atoms with Crippen LogP contribution in [0.15, 0.2) is 40.3 Å². The number of aromatic nitrogens is 1. The van der Waals surface area contributed by atoms with Crippen molar-refractivity contribution in [1.29, 1.82) is 0 Å². The Balaban J connectivity index is 1.14. The first-order valence-corrected chi connectivity index (χ1v) is 21.7. The molecule has 1 heterocycles. The molecule has 0 unspecified atom stereocenters. The fourth-order valence-corrected chi connectivity index (χ4v) is 19.4. The Morgan fingerprint density at radius 2 is 1.65 bits per heavy atom. The summed E-state index contributed by atoms with van der Waals surface area (Å²) in [5, 5.41) is 0. The van der Waals surface area contributed by atoms with Crippen LogP contribution < -0.4 is 0 Å². The minimum Gasteiger partial charge on any atom is -0.413 e. The average Bonchev–Trinajstić information content (AvgIpc) is 3.54. The highest BCUT2D eigenvalue weighted by Gasteiger charge is 2.59. The first-order chi connectivity index (χ1) is 20.4. The van der Waals surface area contributed by atoms with Crippen LogP contribution in [-0.4, -0.2) is 25.2 Å². The third-order valence-corrected chi connectivity index (χ3v) is 22.3. The molecule has 0 spiro atoms. The lowest BCUT2D eigenvalue weighted by atomic mass is 9.47. The maximum absolute atomic E-state index is 7.38. The monoisotopic (exact) mass is 637 g/mol. The topological polar surface area (TPSA) is 22.1 Å². The number of thiazole rings is 1. The van der Waals surface area contributed by atoms with E-state index in [1.165, 1.54) is 66.2 Å². The van der Waals surface area contributed by atoms with Gasteiger partial charge in [0.1, 0.15) is 0 Å². The van der Waals surface area contributed by atoms with E-state index in [1.807, 2.05) is 23.1 Å². The van der Waals surface area contributed by atoms with Crippen molar-refractivity contribution >= 4 is 41.6 Å². The summed E-state index contributed by atoms with van der Waals surface area (Å²) in [7, 11) is -1.85. The molecule has 3 fully saturated rings. The van der Waals surface area contributed by atoms with Gasteiger partial charge in [-0.05, 0) is 121 Å². The fourth-order valence-electron chi connectivity index (χ4n) is 11.6. The lowest BCUT2D eigenvalue weighted by Crippen LogP contribution is -2.53. The van der Waals surface area contributed by atoms with Crippen LogP contribution in [-0.2, 0) is 4.43 Å². The van der Waals surface area contributed by atoms with Gasteiger partial charge in [-0.2, -0.15) is 0 Å². The van der Waals surface area contributed by atoms with Crippen molar-refractivity contribution in [3.05, 3.63) is 35.9 Å². The van der Waals surface area contributed by atoms with Gasteiger partial charge in [-0.15, -0.1) is 11.3 Å². The maximum atomic E-state index is 7.38. The summed E-state index contributed by atoms with van der Waals surface area (Å²) in [6.07, 6.45) is 14.1. The van der Waals surface area contributed by atoms with Gasteiger partial charge in [-0.25, -0.2) is 4.98 Å². The van der Waals surface area contributed by atoms with E-state index in [4.69, 9.17) is 9.41 Å². The maximum Gasteiger partial charge on any atom is 0.200 e. The number of hydrogen-bond donors (Lipinski definition) is 0. The SMILES string of the molecule is CC(C)[Si](O[C@H]1CC[C@@]2(C)C(=CC[C@H]3[C@@H]4CC[C@H]([C@H](C)CSc5nc6ccccc6s5)[C@@]4(C)CC[C@@H]32)C1)(C(C)C)C(C)C. The third kappa shape index (κ3) is 5.46. The molecule has 3 saturated carbocycles. The highest BCUT2D eigenvalue weighted by molar-refractivity contribution is 8.01. The second-order valence-corrected chi connectivity index (χ2v) is 24.2. The van der Waals surface area contributed by atoms with Gasteiger partial charge in [0.05, 0.1) is 10.2 Å². The number of benzene rings is 1. The minimum atomic E-state index is -1.85. The molecule has 0 bridgehead atoms. The Labute approximate surface area is 272 Å². The van der Waals surface area contributed by atoms with E-state index in [-0.39, 0.29) is 0 Å². The largest absolute Gasteiger partial charge is 0.413 e. The van der Waals surface area contributed by atoms with Gasteiger partial charge >= 0.3 is 0 Å². The van der Waals surface area contributed by atoms with Crippen LogP contribution >= 0.6 is 23.1 Å². The summed E-state index contributed by atoms with van der Waals surface area (Å²) in [4.78, 5) is 4.93. The van der Waals surface area contributed by atoms with Gasteiger partial charge in [0.2, 0.25) is 8.32 Å². The van der Waals surface area contributed by atoms with Crippen molar-refractivity contribution in [3.63, 3.8) is 0 Å². The predicted molar refractivity (Wildman–Crippen MR) is 191 cm³/mol. The minimum absolute atomic E-state index is 0.397. The third-order valence-electron chi connectivity index (χ3n) is 13.6. The fraction of sp³-hybridized carbons (Fsp3) is 0.763. The molecule has 4 aliphatic carbocycles. The number of rotatable bonds is 9. The average molecular weight is 638 g/mol. The lowest BCUT2D eigenvalue weighted by Gasteiger charge is -2.59. The summed E-state index contributed by atoms with van der Waals surface area (Å²) in [5.41, 5.74) is 5.84. The molecule has 6 rings (SSSR count). The van der Waals surface area contributed by atoms with E-state index in [2.05, 4.69) is 92.7 Å². The number of thioether (sulfide) groups is 1. The van der Waals surface area contributed by atoms with Gasteiger partial charge < -0.3 is 4.43 Å². The second-order valence-electron chi connectivity index (χ2n) is 16.5. The van der Waals surface area contributed by atoms with Crippen LogP contribution in [0.3, 0.4) is 0 Å². The van der Waals surface area contributed by atoms with E-state index in [1.54, 1.807) is 5.57 Å². The molecule has 4 aliphatic rings. The van der Waals surface area contributed by atoms with E-state index in [0.29, 0.717) is 33.6 Å². The molecule has 0 saturated heterocycles. The molecule has 1 aromatic heterocycles. The summed E-state index contributed by atoms with van der Waals surface area (Å²) in [6, 6.07) is 8.61. The Morgan fingerprint density at radius 1 is 0.930 bits per heavy atom. The molecule has 0 N–H and O–H groups in total. The first-order valence-electron chi connectivity index (χ1n) is 17.8. The van der Waals surface area contributed by atoms with E-state index in [9.17, 15) is 0 Å². The van der Waals surface area contributed by atoms with Gasteiger partial charge in [-0.1, -0.05) is 97.9 Å². The van der Waals surface area contributed by atoms with E-state index in [0.717, 1.165) is 35.1 Å². The quantitative estimate of drug-likeness (QED) is 0.155. The lowest BCUT2D eigenvalue weighted by molar-refractivity contribution is -0.0546. The van der Waals surface area contributed by atoms with Crippen molar-refractivity contribution in [2.24, 2.45) is 40.4 Å². The standard InChI is InChI=1S/C38H59NOS2Si/c1-24(2)43(25(3)4,26(5)6)40-29-18-20-37(8)28(22-29)14-15-30-32-17-16-31(38(32,9)21-19-33(30)37)27(7)23-41-36-39-34-12-10-11-13-35(34)42-36/h10-14,24-27,29-33H,15-23H2,1-9H3/t27-,29+,30+,31-,32+,33+,37+,38-/m1/s1. The molecule has 5 heteroatoms. The molecule has 0 amide bonds.